The van der Waals surface area contributed by atoms with Gasteiger partial charge in [-0.1, -0.05) is 45.0 Å². The SMILES string of the molecule is CC.CCc1cccc(CNC(C)=O)c1. The first kappa shape index (κ1) is 13.7. The molecule has 2 heteroatoms. The molecule has 1 rings (SSSR count). The maximum absolute atomic E-state index is 10.7. The van der Waals surface area contributed by atoms with E-state index in [1.807, 2.05) is 26.0 Å². The highest BCUT2D eigenvalue weighted by molar-refractivity contribution is 5.72. The third-order valence-electron chi connectivity index (χ3n) is 1.94. The first-order valence-electron chi connectivity index (χ1n) is 5.54. The minimum atomic E-state index is 0.0156. The fourth-order valence-corrected chi connectivity index (χ4v) is 1.19. The lowest BCUT2D eigenvalue weighted by Gasteiger charge is -2.03. The van der Waals surface area contributed by atoms with Crippen LogP contribution in [0.3, 0.4) is 0 Å². The average molecular weight is 207 g/mol. The fraction of sp³-hybridized carbons (Fsp3) is 0.462. The van der Waals surface area contributed by atoms with E-state index in [1.165, 1.54) is 12.5 Å². The van der Waals surface area contributed by atoms with Crippen molar-refractivity contribution in [1.29, 1.82) is 0 Å². The zero-order valence-electron chi connectivity index (χ0n) is 10.1. The molecule has 1 aromatic rings. The predicted octanol–water partition coefficient (Wildman–Crippen LogP) is 2.91. The number of nitrogens with one attached hydrogen (secondary N) is 1. The molecule has 1 amide bonds. The summed E-state index contributed by atoms with van der Waals surface area (Å²) in [5, 5.41) is 2.77. The maximum Gasteiger partial charge on any atom is 0.217 e. The van der Waals surface area contributed by atoms with Crippen LogP contribution in [-0.2, 0) is 17.8 Å². The molecule has 1 aromatic carbocycles. The van der Waals surface area contributed by atoms with Gasteiger partial charge in [-0.05, 0) is 17.5 Å². The Bertz CT molecular complexity index is 294. The molecule has 0 aliphatic carbocycles. The lowest BCUT2D eigenvalue weighted by molar-refractivity contribution is -0.119. The minimum Gasteiger partial charge on any atom is -0.352 e. The quantitative estimate of drug-likeness (QED) is 0.811. The molecule has 0 fully saturated rings. The standard InChI is InChI=1S/C11H15NO.C2H6/c1-3-10-5-4-6-11(7-10)8-12-9(2)13;1-2/h4-7H,3,8H2,1-2H3,(H,12,13);1-2H3. The van der Waals surface area contributed by atoms with Crippen LogP contribution >= 0.6 is 0 Å². The molecule has 0 unspecified atom stereocenters. The smallest absolute Gasteiger partial charge is 0.217 e. The van der Waals surface area contributed by atoms with Gasteiger partial charge in [0.25, 0.3) is 0 Å². The monoisotopic (exact) mass is 207 g/mol. The van der Waals surface area contributed by atoms with Crippen molar-refractivity contribution < 1.29 is 4.79 Å². The molecule has 0 atom stereocenters. The van der Waals surface area contributed by atoms with E-state index in [1.54, 1.807) is 0 Å². The Morgan fingerprint density at radius 1 is 1.27 bits per heavy atom. The number of amides is 1. The van der Waals surface area contributed by atoms with Gasteiger partial charge in [0.05, 0.1) is 0 Å². The van der Waals surface area contributed by atoms with Gasteiger partial charge in [0.15, 0.2) is 0 Å². The number of aryl methyl sites for hydroxylation is 1. The van der Waals surface area contributed by atoms with E-state index in [9.17, 15) is 4.79 Å². The Balaban J connectivity index is 0.000000921. The second-order valence-corrected chi connectivity index (χ2v) is 3.08. The average Bonchev–Trinajstić information content (AvgIpc) is 2.29. The van der Waals surface area contributed by atoms with Crippen LogP contribution in [0.4, 0.5) is 0 Å². The summed E-state index contributed by atoms with van der Waals surface area (Å²) >= 11 is 0. The summed E-state index contributed by atoms with van der Waals surface area (Å²) in [6.07, 6.45) is 1.04. The van der Waals surface area contributed by atoms with Gasteiger partial charge in [-0.25, -0.2) is 0 Å². The Morgan fingerprint density at radius 3 is 2.40 bits per heavy atom. The van der Waals surface area contributed by atoms with Crippen molar-refractivity contribution in [3.63, 3.8) is 0 Å². The van der Waals surface area contributed by atoms with E-state index in [4.69, 9.17) is 0 Å². The van der Waals surface area contributed by atoms with Crippen LogP contribution in [0.15, 0.2) is 24.3 Å². The summed E-state index contributed by atoms with van der Waals surface area (Å²) in [5.41, 5.74) is 2.47. The third kappa shape index (κ3) is 5.89. The van der Waals surface area contributed by atoms with Crippen molar-refractivity contribution in [3.05, 3.63) is 35.4 Å². The molecule has 0 aromatic heterocycles. The number of benzene rings is 1. The van der Waals surface area contributed by atoms with Gasteiger partial charge in [-0.15, -0.1) is 0 Å². The fourth-order valence-electron chi connectivity index (χ4n) is 1.19. The van der Waals surface area contributed by atoms with Crippen LogP contribution in [0.25, 0.3) is 0 Å². The molecule has 0 bridgehead atoms. The summed E-state index contributed by atoms with van der Waals surface area (Å²) in [5.74, 6) is 0.0156. The highest BCUT2D eigenvalue weighted by Crippen LogP contribution is 2.05. The highest BCUT2D eigenvalue weighted by Gasteiger charge is 1.95. The summed E-state index contributed by atoms with van der Waals surface area (Å²) in [6.45, 7) is 8.28. The van der Waals surface area contributed by atoms with E-state index in [0.29, 0.717) is 6.54 Å². The summed E-state index contributed by atoms with van der Waals surface area (Å²) in [6, 6.07) is 8.26. The Kier molecular flexibility index (Phi) is 7.33. The zero-order valence-corrected chi connectivity index (χ0v) is 10.1. The minimum absolute atomic E-state index is 0.0156. The van der Waals surface area contributed by atoms with Gasteiger partial charge in [0.2, 0.25) is 5.91 Å². The van der Waals surface area contributed by atoms with Crippen molar-refractivity contribution in [2.75, 3.05) is 0 Å². The summed E-state index contributed by atoms with van der Waals surface area (Å²) in [4.78, 5) is 10.7. The van der Waals surface area contributed by atoms with Crippen LogP contribution in [0.5, 0.6) is 0 Å². The van der Waals surface area contributed by atoms with Crippen molar-refractivity contribution in [2.24, 2.45) is 0 Å². The van der Waals surface area contributed by atoms with Crippen LogP contribution < -0.4 is 5.32 Å². The molecule has 2 nitrogen and oxygen atoms in total. The number of carbonyl (C=O) groups excluding carboxylic acids is 1. The second-order valence-electron chi connectivity index (χ2n) is 3.08. The Hall–Kier alpha value is -1.31. The van der Waals surface area contributed by atoms with Crippen LogP contribution in [0.2, 0.25) is 0 Å². The van der Waals surface area contributed by atoms with E-state index in [2.05, 4.69) is 24.4 Å². The third-order valence-corrected chi connectivity index (χ3v) is 1.94. The van der Waals surface area contributed by atoms with E-state index in [0.717, 1.165) is 12.0 Å². The van der Waals surface area contributed by atoms with Crippen LogP contribution in [0.1, 0.15) is 38.8 Å². The molecule has 0 radical (unpaired) electrons. The molecule has 0 aliphatic rings. The number of rotatable bonds is 3. The van der Waals surface area contributed by atoms with E-state index in [-0.39, 0.29) is 5.91 Å². The second kappa shape index (κ2) is 8.04. The van der Waals surface area contributed by atoms with Crippen LogP contribution in [0, 0.1) is 0 Å². The number of hydrogen-bond donors (Lipinski definition) is 1. The van der Waals surface area contributed by atoms with Crippen molar-refractivity contribution in [3.8, 4) is 0 Å². The predicted molar refractivity (Wildman–Crippen MR) is 64.7 cm³/mol. The molecule has 0 saturated carbocycles. The van der Waals surface area contributed by atoms with Gasteiger partial charge < -0.3 is 5.32 Å². The number of carbonyl (C=O) groups is 1. The van der Waals surface area contributed by atoms with Gasteiger partial charge in [-0.3, -0.25) is 4.79 Å². The molecule has 1 N–H and O–H groups in total. The number of hydrogen-bond acceptors (Lipinski definition) is 1. The molecular weight excluding hydrogens is 186 g/mol. The Labute approximate surface area is 92.7 Å². The molecule has 84 valence electrons. The topological polar surface area (TPSA) is 29.1 Å². The van der Waals surface area contributed by atoms with Crippen LogP contribution in [-0.4, -0.2) is 5.91 Å². The van der Waals surface area contributed by atoms with Gasteiger partial charge >= 0.3 is 0 Å². The lowest BCUT2D eigenvalue weighted by atomic mass is 10.1. The maximum atomic E-state index is 10.7. The lowest BCUT2D eigenvalue weighted by Crippen LogP contribution is -2.18. The first-order valence-corrected chi connectivity index (χ1v) is 5.54. The van der Waals surface area contributed by atoms with Gasteiger partial charge in [0.1, 0.15) is 0 Å². The molecular formula is C13H21NO. The largest absolute Gasteiger partial charge is 0.352 e. The zero-order chi connectivity index (χ0) is 11.7. The molecule has 0 heterocycles. The molecule has 0 aliphatic heterocycles. The Morgan fingerprint density at radius 2 is 1.87 bits per heavy atom. The molecule has 0 saturated heterocycles. The van der Waals surface area contributed by atoms with Gasteiger partial charge in [0, 0.05) is 13.5 Å². The van der Waals surface area contributed by atoms with Crippen molar-refractivity contribution >= 4 is 5.91 Å². The van der Waals surface area contributed by atoms with Crippen molar-refractivity contribution in [1.82, 2.24) is 5.32 Å². The van der Waals surface area contributed by atoms with E-state index >= 15 is 0 Å². The normalized spacial score (nSPS) is 8.80. The highest BCUT2D eigenvalue weighted by atomic mass is 16.1. The van der Waals surface area contributed by atoms with E-state index < -0.39 is 0 Å². The molecule has 0 spiro atoms. The van der Waals surface area contributed by atoms with Crippen molar-refractivity contribution in [2.45, 2.75) is 40.7 Å². The summed E-state index contributed by atoms with van der Waals surface area (Å²) in [7, 11) is 0. The van der Waals surface area contributed by atoms with Gasteiger partial charge in [-0.2, -0.15) is 0 Å². The summed E-state index contributed by atoms with van der Waals surface area (Å²) < 4.78 is 0. The first-order chi connectivity index (χ1) is 7.22. The molecule has 15 heavy (non-hydrogen) atoms.